The van der Waals surface area contributed by atoms with Crippen molar-refractivity contribution in [3.8, 4) is 0 Å². The molecule has 0 saturated carbocycles. The number of carbonyl (C=O) groups excluding carboxylic acids is 2. The smallest absolute Gasteiger partial charge is 0.314 e. The van der Waals surface area contributed by atoms with Crippen LogP contribution in [0.1, 0.15) is 41.1 Å². The van der Waals surface area contributed by atoms with Gasteiger partial charge < -0.3 is 14.6 Å². The van der Waals surface area contributed by atoms with Crippen LogP contribution in [0.25, 0.3) is 10.9 Å². The van der Waals surface area contributed by atoms with Crippen molar-refractivity contribution < 1.29 is 18.7 Å². The number of esters is 1. The maximum atomic E-state index is 14.4. The fraction of sp³-hybridized carbons (Fsp3) is 0.241. The molecule has 1 aliphatic heterocycles. The first kappa shape index (κ1) is 21.6. The van der Waals surface area contributed by atoms with Gasteiger partial charge >= 0.3 is 5.97 Å². The summed E-state index contributed by atoms with van der Waals surface area (Å²) in [6.07, 6.45) is 0.499. The summed E-state index contributed by atoms with van der Waals surface area (Å²) >= 11 is 0. The van der Waals surface area contributed by atoms with Crippen LogP contribution in [0.3, 0.4) is 0 Å². The fourth-order valence-corrected chi connectivity index (χ4v) is 6.35. The summed E-state index contributed by atoms with van der Waals surface area (Å²) < 4.78 is 20.1. The number of aromatic nitrogens is 1. The zero-order valence-corrected chi connectivity index (χ0v) is 19.5. The molecule has 6 heteroatoms. The molecule has 0 radical (unpaired) electrons. The molecule has 0 saturated heterocycles. The van der Waals surface area contributed by atoms with Crippen molar-refractivity contribution >= 4 is 28.5 Å². The van der Waals surface area contributed by atoms with Gasteiger partial charge in [0.1, 0.15) is 17.2 Å². The van der Waals surface area contributed by atoms with Crippen molar-refractivity contribution in [2.24, 2.45) is 0 Å². The number of hydrogen-bond acceptors (Lipinski definition) is 3. The van der Waals surface area contributed by atoms with Gasteiger partial charge in [-0.15, -0.1) is 0 Å². The zero-order valence-electron chi connectivity index (χ0n) is 19.5. The molecule has 3 aromatic carbocycles. The van der Waals surface area contributed by atoms with Gasteiger partial charge in [-0.05, 0) is 54.3 Å². The molecule has 3 atom stereocenters. The standard InChI is InChI=1S/C29H25FN2O3/c1-3-35-27(33)26-25-19-15-18(30)13-14-22(19)31-23(25)16-21(17-9-5-4-6-10-17)29(26)20-11-7-8-12-24(20)32(2)28(29)34/h4-15,21,26,31H,3,16H2,1-2H3/t21-,26-,29+/m0/s1. The Kier molecular flexibility index (Phi) is 4.81. The molecule has 1 aromatic heterocycles. The van der Waals surface area contributed by atoms with Crippen molar-refractivity contribution in [1.82, 2.24) is 4.98 Å². The second kappa shape index (κ2) is 7.80. The van der Waals surface area contributed by atoms with Gasteiger partial charge in [0.15, 0.2) is 0 Å². The Labute approximate surface area is 202 Å². The number of fused-ring (bicyclic) bond motifs is 5. The van der Waals surface area contributed by atoms with Gasteiger partial charge in [-0.1, -0.05) is 48.5 Å². The summed E-state index contributed by atoms with van der Waals surface area (Å²) in [6.45, 7) is 1.94. The molecule has 4 aromatic rings. The number of anilines is 1. The average molecular weight is 469 g/mol. The van der Waals surface area contributed by atoms with Crippen molar-refractivity contribution in [3.63, 3.8) is 0 Å². The Hall–Kier alpha value is -3.93. The second-order valence-electron chi connectivity index (χ2n) is 9.31. The summed E-state index contributed by atoms with van der Waals surface area (Å²) in [5.41, 5.74) is 3.55. The molecule has 2 aliphatic rings. The van der Waals surface area contributed by atoms with E-state index in [1.807, 2.05) is 54.6 Å². The fourth-order valence-electron chi connectivity index (χ4n) is 6.35. The summed E-state index contributed by atoms with van der Waals surface area (Å²) in [4.78, 5) is 33.4. The van der Waals surface area contributed by atoms with Crippen molar-refractivity contribution in [2.75, 3.05) is 18.6 Å². The number of likely N-dealkylation sites (N-methyl/N-ethyl adjacent to an activating group) is 1. The van der Waals surface area contributed by atoms with Crippen LogP contribution in [0.5, 0.6) is 0 Å². The number of ether oxygens (including phenoxy) is 1. The van der Waals surface area contributed by atoms with Gasteiger partial charge in [-0.2, -0.15) is 0 Å². The molecule has 2 heterocycles. The molecule has 1 amide bonds. The first-order valence-electron chi connectivity index (χ1n) is 11.9. The Bertz CT molecular complexity index is 1480. The molecular formula is C29H25FN2O3. The van der Waals surface area contributed by atoms with Gasteiger partial charge in [0.2, 0.25) is 5.91 Å². The normalized spacial score (nSPS) is 22.9. The predicted octanol–water partition coefficient (Wildman–Crippen LogP) is 5.21. The number of benzene rings is 3. The van der Waals surface area contributed by atoms with E-state index in [2.05, 4.69) is 4.98 Å². The maximum absolute atomic E-state index is 14.4. The largest absolute Gasteiger partial charge is 0.465 e. The van der Waals surface area contributed by atoms with Crippen LogP contribution in [0.15, 0.2) is 72.8 Å². The molecular weight excluding hydrogens is 443 g/mol. The first-order chi connectivity index (χ1) is 17.0. The average Bonchev–Trinajstić information content (AvgIpc) is 3.33. The lowest BCUT2D eigenvalue weighted by molar-refractivity contribution is -0.150. The summed E-state index contributed by atoms with van der Waals surface area (Å²) in [6, 6.07) is 22.1. The van der Waals surface area contributed by atoms with E-state index in [0.717, 1.165) is 28.0 Å². The lowest BCUT2D eigenvalue weighted by Crippen LogP contribution is -2.53. The van der Waals surface area contributed by atoms with Crippen LogP contribution in [-0.4, -0.2) is 30.5 Å². The minimum absolute atomic E-state index is 0.151. The Balaban J connectivity index is 1.75. The Morgan fingerprint density at radius 2 is 1.86 bits per heavy atom. The first-order valence-corrected chi connectivity index (χ1v) is 11.9. The lowest BCUT2D eigenvalue weighted by Gasteiger charge is -2.45. The number of carbonyl (C=O) groups is 2. The van der Waals surface area contributed by atoms with Crippen LogP contribution in [0, 0.1) is 5.82 Å². The number of rotatable bonds is 3. The number of amides is 1. The molecule has 5 nitrogen and oxygen atoms in total. The van der Waals surface area contributed by atoms with E-state index < -0.39 is 23.1 Å². The summed E-state index contributed by atoms with van der Waals surface area (Å²) in [5, 5.41) is 0.615. The molecule has 0 bridgehead atoms. The highest BCUT2D eigenvalue weighted by Gasteiger charge is 2.65. The third-order valence-electron chi connectivity index (χ3n) is 7.68. The Morgan fingerprint density at radius 3 is 2.63 bits per heavy atom. The third kappa shape index (κ3) is 2.86. The monoisotopic (exact) mass is 468 g/mol. The van der Waals surface area contributed by atoms with Gasteiger partial charge in [0.25, 0.3) is 0 Å². The highest BCUT2D eigenvalue weighted by molar-refractivity contribution is 6.13. The number of nitrogens with one attached hydrogen (secondary N) is 1. The van der Waals surface area contributed by atoms with Crippen molar-refractivity contribution in [1.29, 1.82) is 0 Å². The summed E-state index contributed by atoms with van der Waals surface area (Å²) in [7, 11) is 1.75. The molecule has 1 N–H and O–H groups in total. The van der Waals surface area contributed by atoms with Gasteiger partial charge in [0, 0.05) is 35.2 Å². The molecule has 0 unspecified atom stereocenters. The van der Waals surface area contributed by atoms with Gasteiger partial charge in [-0.3, -0.25) is 9.59 Å². The van der Waals surface area contributed by atoms with Crippen LogP contribution < -0.4 is 4.90 Å². The SMILES string of the molecule is CCOC(=O)[C@@H]1c2c([nH]c3ccc(F)cc23)C[C@@H](c2ccccc2)[C@@]12C(=O)N(C)c1ccccc12. The van der Waals surface area contributed by atoms with E-state index in [0.29, 0.717) is 17.4 Å². The lowest BCUT2D eigenvalue weighted by atomic mass is 9.54. The zero-order chi connectivity index (χ0) is 24.3. The third-order valence-corrected chi connectivity index (χ3v) is 7.68. The van der Waals surface area contributed by atoms with E-state index in [1.54, 1.807) is 24.9 Å². The van der Waals surface area contributed by atoms with Gasteiger partial charge in [0.05, 0.1) is 6.61 Å². The quantitative estimate of drug-likeness (QED) is 0.420. The van der Waals surface area contributed by atoms with Crippen molar-refractivity contribution in [2.45, 2.75) is 30.6 Å². The van der Waals surface area contributed by atoms with Crippen LogP contribution in [-0.2, 0) is 26.2 Å². The molecule has 1 aliphatic carbocycles. The van der Waals surface area contributed by atoms with E-state index >= 15 is 0 Å². The van der Waals surface area contributed by atoms with E-state index in [1.165, 1.54) is 12.1 Å². The van der Waals surface area contributed by atoms with Crippen LogP contribution in [0.4, 0.5) is 10.1 Å². The predicted molar refractivity (Wildman–Crippen MR) is 132 cm³/mol. The topological polar surface area (TPSA) is 62.4 Å². The number of halogens is 1. The molecule has 1 spiro atoms. The number of hydrogen-bond donors (Lipinski definition) is 1. The van der Waals surface area contributed by atoms with Crippen LogP contribution >= 0.6 is 0 Å². The summed E-state index contributed by atoms with van der Waals surface area (Å²) in [5.74, 6) is -2.29. The van der Waals surface area contributed by atoms with E-state index in [9.17, 15) is 14.0 Å². The molecule has 0 fully saturated rings. The maximum Gasteiger partial charge on any atom is 0.314 e. The molecule has 6 rings (SSSR count). The van der Waals surface area contributed by atoms with Crippen molar-refractivity contribution in [3.05, 3.63) is 101 Å². The minimum atomic E-state index is -1.23. The highest BCUT2D eigenvalue weighted by Crippen LogP contribution is 2.61. The molecule has 176 valence electrons. The second-order valence-corrected chi connectivity index (χ2v) is 9.31. The van der Waals surface area contributed by atoms with Gasteiger partial charge in [-0.25, -0.2) is 4.39 Å². The number of aromatic amines is 1. The molecule has 35 heavy (non-hydrogen) atoms. The number of H-pyrrole nitrogens is 1. The van der Waals surface area contributed by atoms with E-state index in [-0.39, 0.29) is 18.4 Å². The van der Waals surface area contributed by atoms with E-state index in [4.69, 9.17) is 4.74 Å². The highest BCUT2D eigenvalue weighted by atomic mass is 19.1. The minimum Gasteiger partial charge on any atom is -0.465 e. The van der Waals surface area contributed by atoms with Crippen LogP contribution in [0.2, 0.25) is 0 Å². The number of nitrogens with zero attached hydrogens (tertiary/aromatic N) is 1. The Morgan fingerprint density at radius 1 is 1.11 bits per heavy atom. The number of para-hydroxylation sites is 1.